The number of rotatable bonds is 5. The Hall–Kier alpha value is -1.16. The van der Waals surface area contributed by atoms with E-state index < -0.39 is 5.92 Å². The van der Waals surface area contributed by atoms with Gasteiger partial charge in [-0.2, -0.15) is 0 Å². The van der Waals surface area contributed by atoms with E-state index in [2.05, 4.69) is 0 Å². The molecule has 2 nitrogen and oxygen atoms in total. The van der Waals surface area contributed by atoms with Gasteiger partial charge in [0.2, 0.25) is 0 Å². The number of hydrogen-bond donors (Lipinski definition) is 1. The molecule has 0 heterocycles. The lowest BCUT2D eigenvalue weighted by Crippen LogP contribution is -2.08. The van der Waals surface area contributed by atoms with Crippen molar-refractivity contribution < 1.29 is 13.5 Å². The fourth-order valence-electron chi connectivity index (χ4n) is 1.13. The molecule has 0 aliphatic carbocycles. The zero-order valence-corrected chi connectivity index (χ0v) is 8.67. The third kappa shape index (κ3) is 3.83. The highest BCUT2D eigenvalue weighted by Crippen LogP contribution is 2.29. The van der Waals surface area contributed by atoms with Crippen molar-refractivity contribution in [2.45, 2.75) is 19.3 Å². The summed E-state index contributed by atoms with van der Waals surface area (Å²) in [7, 11) is 0. The number of halogens is 2. The topological polar surface area (TPSA) is 35.2 Å². The second-order valence-electron chi connectivity index (χ2n) is 3.41. The zero-order valence-electron chi connectivity index (χ0n) is 8.67. The minimum Gasteiger partial charge on any atom is -0.494 e. The first-order valence-electron chi connectivity index (χ1n) is 4.85. The molecular formula is C11H15F2NO. The maximum Gasteiger partial charge on any atom is 0.270 e. The Balaban J connectivity index is 2.66. The van der Waals surface area contributed by atoms with Gasteiger partial charge in [0.15, 0.2) is 0 Å². The second kappa shape index (κ2) is 5.07. The Morgan fingerprint density at radius 1 is 1.40 bits per heavy atom. The van der Waals surface area contributed by atoms with Crippen molar-refractivity contribution in [2.75, 3.05) is 13.2 Å². The number of ether oxygens (including phenoxy) is 1. The van der Waals surface area contributed by atoms with E-state index in [4.69, 9.17) is 10.5 Å². The van der Waals surface area contributed by atoms with Crippen LogP contribution in [0.1, 0.15) is 18.9 Å². The predicted octanol–water partition coefficient (Wildman–Crippen LogP) is 2.53. The normalized spacial score (nSPS) is 11.5. The molecule has 0 bridgehead atoms. The van der Waals surface area contributed by atoms with Gasteiger partial charge in [0.1, 0.15) is 5.75 Å². The molecule has 1 aromatic carbocycles. The van der Waals surface area contributed by atoms with E-state index in [0.717, 1.165) is 6.92 Å². The van der Waals surface area contributed by atoms with Crippen LogP contribution in [0.4, 0.5) is 8.78 Å². The van der Waals surface area contributed by atoms with Crippen molar-refractivity contribution in [2.24, 2.45) is 5.73 Å². The Morgan fingerprint density at radius 3 is 2.73 bits per heavy atom. The molecule has 0 aliphatic rings. The Kier molecular flexibility index (Phi) is 4.03. The maximum absolute atomic E-state index is 12.9. The Labute approximate surface area is 88.0 Å². The molecule has 4 heteroatoms. The SMILES string of the molecule is CC(F)(F)c1cccc(OCCCN)c1. The summed E-state index contributed by atoms with van der Waals surface area (Å²) in [6.07, 6.45) is 0.715. The molecule has 0 atom stereocenters. The van der Waals surface area contributed by atoms with E-state index in [0.29, 0.717) is 25.3 Å². The molecular weight excluding hydrogens is 200 g/mol. The third-order valence-corrected chi connectivity index (χ3v) is 1.96. The number of hydrogen-bond acceptors (Lipinski definition) is 2. The van der Waals surface area contributed by atoms with Gasteiger partial charge in [-0.25, -0.2) is 8.78 Å². The summed E-state index contributed by atoms with van der Waals surface area (Å²) in [5.41, 5.74) is 5.26. The molecule has 0 aliphatic heterocycles. The summed E-state index contributed by atoms with van der Waals surface area (Å²) < 4.78 is 31.2. The monoisotopic (exact) mass is 215 g/mol. The lowest BCUT2D eigenvalue weighted by molar-refractivity contribution is 0.0172. The summed E-state index contributed by atoms with van der Waals surface area (Å²) in [6, 6.07) is 5.96. The lowest BCUT2D eigenvalue weighted by atomic mass is 10.1. The van der Waals surface area contributed by atoms with E-state index in [1.165, 1.54) is 12.1 Å². The number of alkyl halides is 2. The minimum atomic E-state index is -2.83. The molecule has 0 saturated heterocycles. The molecule has 0 unspecified atom stereocenters. The molecule has 1 aromatic rings. The van der Waals surface area contributed by atoms with Crippen LogP contribution in [0, 0.1) is 0 Å². The van der Waals surface area contributed by atoms with Crippen molar-refractivity contribution in [3.63, 3.8) is 0 Å². The highest BCUT2D eigenvalue weighted by Gasteiger charge is 2.24. The van der Waals surface area contributed by atoms with E-state index in [1.807, 2.05) is 0 Å². The number of benzene rings is 1. The number of nitrogens with two attached hydrogens (primary N) is 1. The van der Waals surface area contributed by atoms with Gasteiger partial charge in [-0.15, -0.1) is 0 Å². The van der Waals surface area contributed by atoms with Gasteiger partial charge in [-0.3, -0.25) is 0 Å². The molecule has 15 heavy (non-hydrogen) atoms. The van der Waals surface area contributed by atoms with Gasteiger partial charge in [0.25, 0.3) is 5.92 Å². The fraction of sp³-hybridized carbons (Fsp3) is 0.455. The zero-order chi connectivity index (χ0) is 11.3. The average molecular weight is 215 g/mol. The van der Waals surface area contributed by atoms with Crippen LogP contribution in [0.15, 0.2) is 24.3 Å². The quantitative estimate of drug-likeness (QED) is 0.766. The van der Waals surface area contributed by atoms with Crippen LogP contribution >= 0.6 is 0 Å². The van der Waals surface area contributed by atoms with Crippen molar-refractivity contribution in [3.8, 4) is 5.75 Å². The molecule has 0 radical (unpaired) electrons. The van der Waals surface area contributed by atoms with Gasteiger partial charge in [0.05, 0.1) is 6.61 Å². The molecule has 2 N–H and O–H groups in total. The summed E-state index contributed by atoms with van der Waals surface area (Å²) in [5.74, 6) is -2.37. The summed E-state index contributed by atoms with van der Waals surface area (Å²) in [6.45, 7) is 1.85. The largest absolute Gasteiger partial charge is 0.494 e. The van der Waals surface area contributed by atoms with Crippen molar-refractivity contribution in [3.05, 3.63) is 29.8 Å². The van der Waals surface area contributed by atoms with E-state index >= 15 is 0 Å². The first-order chi connectivity index (χ1) is 7.04. The predicted molar refractivity (Wildman–Crippen MR) is 55.2 cm³/mol. The molecule has 1 rings (SSSR count). The maximum atomic E-state index is 12.9. The second-order valence-corrected chi connectivity index (χ2v) is 3.41. The molecule has 0 aromatic heterocycles. The van der Waals surface area contributed by atoms with Crippen LogP contribution in [-0.2, 0) is 5.92 Å². The van der Waals surface area contributed by atoms with Gasteiger partial charge in [-0.1, -0.05) is 12.1 Å². The molecule has 0 spiro atoms. The summed E-state index contributed by atoms with van der Waals surface area (Å²) in [4.78, 5) is 0. The van der Waals surface area contributed by atoms with Crippen LogP contribution in [0.5, 0.6) is 5.75 Å². The van der Waals surface area contributed by atoms with Crippen molar-refractivity contribution >= 4 is 0 Å². The van der Waals surface area contributed by atoms with Gasteiger partial charge in [-0.05, 0) is 25.1 Å². The van der Waals surface area contributed by atoms with Gasteiger partial charge >= 0.3 is 0 Å². The third-order valence-electron chi connectivity index (χ3n) is 1.96. The fourth-order valence-corrected chi connectivity index (χ4v) is 1.13. The van der Waals surface area contributed by atoms with E-state index in [9.17, 15) is 8.78 Å². The smallest absolute Gasteiger partial charge is 0.270 e. The van der Waals surface area contributed by atoms with Crippen LogP contribution in [0.25, 0.3) is 0 Å². The van der Waals surface area contributed by atoms with E-state index in [-0.39, 0.29) is 5.56 Å². The highest BCUT2D eigenvalue weighted by atomic mass is 19.3. The standard InChI is InChI=1S/C11H15F2NO/c1-11(12,13)9-4-2-5-10(8-9)15-7-3-6-14/h2,4-5,8H,3,6-7,14H2,1H3. The summed E-state index contributed by atoms with van der Waals surface area (Å²) >= 11 is 0. The van der Waals surface area contributed by atoms with Gasteiger partial charge in [0, 0.05) is 12.5 Å². The van der Waals surface area contributed by atoms with Crippen LogP contribution in [0.3, 0.4) is 0 Å². The van der Waals surface area contributed by atoms with Gasteiger partial charge < -0.3 is 10.5 Å². The van der Waals surface area contributed by atoms with Crippen molar-refractivity contribution in [1.82, 2.24) is 0 Å². The lowest BCUT2D eigenvalue weighted by Gasteiger charge is -2.12. The summed E-state index contributed by atoms with van der Waals surface area (Å²) in [5, 5.41) is 0. The highest BCUT2D eigenvalue weighted by molar-refractivity contribution is 5.30. The average Bonchev–Trinajstić information content (AvgIpc) is 2.17. The minimum absolute atomic E-state index is 0.0345. The Morgan fingerprint density at radius 2 is 2.13 bits per heavy atom. The first-order valence-corrected chi connectivity index (χ1v) is 4.85. The first kappa shape index (κ1) is 11.9. The van der Waals surface area contributed by atoms with E-state index in [1.54, 1.807) is 12.1 Å². The van der Waals surface area contributed by atoms with Crippen LogP contribution in [-0.4, -0.2) is 13.2 Å². The van der Waals surface area contributed by atoms with Crippen LogP contribution in [0.2, 0.25) is 0 Å². The molecule has 0 amide bonds. The van der Waals surface area contributed by atoms with Crippen molar-refractivity contribution in [1.29, 1.82) is 0 Å². The van der Waals surface area contributed by atoms with Crippen LogP contribution < -0.4 is 10.5 Å². The Bertz CT molecular complexity index is 310. The molecule has 84 valence electrons. The molecule has 0 fully saturated rings. The molecule has 0 saturated carbocycles.